The molecule has 0 N–H and O–H groups in total. The number of halogens is 2. The number of amides is 1. The van der Waals surface area contributed by atoms with Crippen molar-refractivity contribution in [1.82, 2.24) is 14.8 Å². The summed E-state index contributed by atoms with van der Waals surface area (Å²) in [6.07, 6.45) is 2.34. The minimum absolute atomic E-state index is 0.0221. The van der Waals surface area contributed by atoms with Gasteiger partial charge in [0.1, 0.15) is 24.1 Å². The Kier molecular flexibility index (Phi) is 5.84. The molecule has 152 valence electrons. The van der Waals surface area contributed by atoms with Gasteiger partial charge in [-0.1, -0.05) is 11.6 Å². The monoisotopic (exact) mass is 416 g/mol. The summed E-state index contributed by atoms with van der Waals surface area (Å²) in [4.78, 5) is 20.3. The predicted molar refractivity (Wildman–Crippen MR) is 107 cm³/mol. The van der Waals surface area contributed by atoms with Crippen molar-refractivity contribution in [1.29, 1.82) is 5.26 Å². The summed E-state index contributed by atoms with van der Waals surface area (Å²) in [6, 6.07) is 8.75. The van der Waals surface area contributed by atoms with Crippen molar-refractivity contribution in [2.75, 3.05) is 26.2 Å². The Bertz CT molecular complexity index is 942. The van der Waals surface area contributed by atoms with E-state index in [1.54, 1.807) is 12.3 Å². The fraction of sp³-hybridized carbons (Fsp3) is 0.476. The highest BCUT2D eigenvalue weighted by atomic mass is 35.5. The molecule has 1 aromatic carbocycles. The van der Waals surface area contributed by atoms with Crippen LogP contribution in [0.4, 0.5) is 4.39 Å². The van der Waals surface area contributed by atoms with Crippen LogP contribution in [0.2, 0.25) is 5.02 Å². The maximum atomic E-state index is 13.6. The molecule has 0 radical (unpaired) electrons. The second-order valence-electron chi connectivity index (χ2n) is 7.59. The molecule has 1 aromatic heterocycles. The molecule has 3 heterocycles. The first-order valence-electron chi connectivity index (χ1n) is 9.80. The number of alkyl halides is 1. The Hall–Kier alpha value is -2.43. The number of carbonyl (C=O) groups is 1. The third-order valence-electron chi connectivity index (χ3n) is 5.57. The molecular weight excluding hydrogens is 395 g/mol. The van der Waals surface area contributed by atoms with Crippen molar-refractivity contribution < 1.29 is 13.9 Å². The van der Waals surface area contributed by atoms with E-state index in [2.05, 4.69) is 4.98 Å². The minimum Gasteiger partial charge on any atom is -0.490 e. The van der Waals surface area contributed by atoms with Crippen LogP contribution >= 0.6 is 11.6 Å². The van der Waals surface area contributed by atoms with Crippen molar-refractivity contribution in [2.24, 2.45) is 0 Å². The molecule has 2 aliphatic rings. The quantitative estimate of drug-likeness (QED) is 0.765. The van der Waals surface area contributed by atoms with E-state index < -0.39 is 12.2 Å². The van der Waals surface area contributed by atoms with Gasteiger partial charge in [0.15, 0.2) is 0 Å². The molecule has 2 atom stereocenters. The molecule has 2 unspecified atom stereocenters. The first-order chi connectivity index (χ1) is 14.0. The van der Waals surface area contributed by atoms with E-state index in [1.807, 2.05) is 29.2 Å². The molecule has 0 spiro atoms. The second kappa shape index (κ2) is 8.52. The van der Waals surface area contributed by atoms with Gasteiger partial charge < -0.3 is 9.64 Å². The van der Waals surface area contributed by atoms with E-state index in [1.165, 1.54) is 4.90 Å². The number of rotatable bonds is 4. The largest absolute Gasteiger partial charge is 0.490 e. The maximum absolute atomic E-state index is 13.6. The van der Waals surface area contributed by atoms with Crippen LogP contribution in [0.3, 0.4) is 0 Å². The molecule has 6 nitrogen and oxygen atoms in total. The van der Waals surface area contributed by atoms with Gasteiger partial charge in [0.2, 0.25) is 5.91 Å². The van der Waals surface area contributed by atoms with Crippen LogP contribution in [-0.2, 0) is 4.79 Å². The third-order valence-corrected chi connectivity index (χ3v) is 5.81. The summed E-state index contributed by atoms with van der Waals surface area (Å²) in [5.41, 5.74) is 0.832. The molecule has 2 aliphatic heterocycles. The van der Waals surface area contributed by atoms with E-state index in [0.717, 1.165) is 29.5 Å². The van der Waals surface area contributed by atoms with E-state index in [4.69, 9.17) is 21.6 Å². The summed E-state index contributed by atoms with van der Waals surface area (Å²) < 4.78 is 19.8. The number of nitrogens with zero attached hydrogens (tertiary/aromatic N) is 4. The van der Waals surface area contributed by atoms with Crippen LogP contribution in [-0.4, -0.2) is 65.2 Å². The molecule has 8 heteroatoms. The molecule has 2 saturated heterocycles. The minimum atomic E-state index is -1.11. The number of ether oxygens (including phenoxy) is 1. The first kappa shape index (κ1) is 19.9. The molecule has 0 saturated carbocycles. The van der Waals surface area contributed by atoms with Crippen molar-refractivity contribution in [3.8, 4) is 11.8 Å². The van der Waals surface area contributed by atoms with Crippen molar-refractivity contribution in [2.45, 2.75) is 37.6 Å². The SMILES string of the molecule is N#CC1CC(F)CN1C(=O)CN1CCC(Oc2ccnc3ccc(Cl)cc23)CC1. The summed E-state index contributed by atoms with van der Waals surface area (Å²) in [6.45, 7) is 1.66. The highest BCUT2D eigenvalue weighted by Gasteiger charge is 2.36. The number of piperidine rings is 1. The highest BCUT2D eigenvalue weighted by molar-refractivity contribution is 6.31. The molecule has 4 rings (SSSR count). The number of likely N-dealkylation sites (tertiary alicyclic amines) is 2. The van der Waals surface area contributed by atoms with Crippen molar-refractivity contribution in [3.05, 3.63) is 35.5 Å². The number of pyridine rings is 1. The zero-order chi connectivity index (χ0) is 20.4. The van der Waals surface area contributed by atoms with Crippen molar-refractivity contribution >= 4 is 28.4 Å². The highest BCUT2D eigenvalue weighted by Crippen LogP contribution is 2.29. The summed E-state index contributed by atoms with van der Waals surface area (Å²) in [5, 5.41) is 10.6. The lowest BCUT2D eigenvalue weighted by Gasteiger charge is -2.33. The van der Waals surface area contributed by atoms with Crippen LogP contribution in [0, 0.1) is 11.3 Å². The van der Waals surface area contributed by atoms with Crippen LogP contribution in [0.15, 0.2) is 30.5 Å². The van der Waals surface area contributed by atoms with Gasteiger partial charge in [0.05, 0.1) is 24.7 Å². The normalized spacial score (nSPS) is 23.3. The van der Waals surface area contributed by atoms with E-state index >= 15 is 0 Å². The predicted octanol–water partition coefficient (Wildman–Crippen LogP) is 3.19. The molecule has 0 aliphatic carbocycles. The number of carbonyl (C=O) groups excluding carboxylic acids is 1. The lowest BCUT2D eigenvalue weighted by atomic mass is 10.1. The molecule has 1 amide bonds. The van der Waals surface area contributed by atoms with E-state index in [-0.39, 0.29) is 31.5 Å². The van der Waals surface area contributed by atoms with Gasteiger partial charge in [-0.3, -0.25) is 14.7 Å². The molecule has 0 bridgehead atoms. The number of hydrogen-bond acceptors (Lipinski definition) is 5. The van der Waals surface area contributed by atoms with Crippen LogP contribution in [0.5, 0.6) is 5.75 Å². The fourth-order valence-electron chi connectivity index (χ4n) is 4.03. The zero-order valence-electron chi connectivity index (χ0n) is 15.9. The Labute approximate surface area is 173 Å². The molecule has 29 heavy (non-hydrogen) atoms. The summed E-state index contributed by atoms with van der Waals surface area (Å²) in [7, 11) is 0. The molecule has 2 fully saturated rings. The first-order valence-corrected chi connectivity index (χ1v) is 10.2. The number of fused-ring (bicyclic) bond motifs is 1. The van der Waals surface area contributed by atoms with Gasteiger partial charge in [-0.05, 0) is 37.1 Å². The average molecular weight is 417 g/mol. The molecule has 2 aromatic rings. The smallest absolute Gasteiger partial charge is 0.237 e. The average Bonchev–Trinajstić information content (AvgIpc) is 3.11. The van der Waals surface area contributed by atoms with Gasteiger partial charge >= 0.3 is 0 Å². The Morgan fingerprint density at radius 2 is 2.14 bits per heavy atom. The van der Waals surface area contributed by atoms with Gasteiger partial charge in [-0.25, -0.2) is 4.39 Å². The lowest BCUT2D eigenvalue weighted by molar-refractivity contribution is -0.133. The third kappa shape index (κ3) is 4.44. The van der Waals surface area contributed by atoms with E-state index in [9.17, 15) is 9.18 Å². The van der Waals surface area contributed by atoms with Crippen LogP contribution in [0.25, 0.3) is 10.9 Å². The second-order valence-corrected chi connectivity index (χ2v) is 8.02. The van der Waals surface area contributed by atoms with Crippen molar-refractivity contribution in [3.63, 3.8) is 0 Å². The fourth-order valence-corrected chi connectivity index (χ4v) is 4.20. The van der Waals surface area contributed by atoms with Crippen LogP contribution in [0.1, 0.15) is 19.3 Å². The Morgan fingerprint density at radius 3 is 2.90 bits per heavy atom. The van der Waals surface area contributed by atoms with Gasteiger partial charge in [-0.15, -0.1) is 0 Å². The number of nitriles is 1. The van der Waals surface area contributed by atoms with Gasteiger partial charge in [0.25, 0.3) is 0 Å². The van der Waals surface area contributed by atoms with Crippen LogP contribution < -0.4 is 4.74 Å². The Morgan fingerprint density at radius 1 is 1.34 bits per heavy atom. The lowest BCUT2D eigenvalue weighted by Crippen LogP contribution is -2.46. The Balaban J connectivity index is 1.33. The number of aromatic nitrogens is 1. The zero-order valence-corrected chi connectivity index (χ0v) is 16.7. The summed E-state index contributed by atoms with van der Waals surface area (Å²) in [5.74, 6) is 0.584. The topological polar surface area (TPSA) is 69.5 Å². The van der Waals surface area contributed by atoms with E-state index in [0.29, 0.717) is 18.1 Å². The number of hydrogen-bond donors (Lipinski definition) is 0. The summed E-state index contributed by atoms with van der Waals surface area (Å²) >= 11 is 6.12. The molecular formula is C21H22ClFN4O2. The van der Waals surface area contributed by atoms with Gasteiger partial charge in [0, 0.05) is 36.1 Å². The standard InChI is InChI=1S/C21H22ClFN4O2/c22-14-1-2-19-18(9-14)20(3-6-25-19)29-17-4-7-26(8-5-17)13-21(28)27-12-15(23)10-16(27)11-24/h1-3,6,9,15-17H,4-5,7-8,10,12-13H2. The number of benzene rings is 1. The van der Waals surface area contributed by atoms with Gasteiger partial charge in [-0.2, -0.15) is 5.26 Å². The maximum Gasteiger partial charge on any atom is 0.237 e.